The summed E-state index contributed by atoms with van der Waals surface area (Å²) in [4.78, 5) is 26.0. The van der Waals surface area contributed by atoms with Crippen LogP contribution in [-0.4, -0.2) is 48.1 Å². The molecule has 0 spiro atoms. The summed E-state index contributed by atoms with van der Waals surface area (Å²) < 4.78 is 5.43. The Morgan fingerprint density at radius 1 is 1.22 bits per heavy atom. The molecule has 4 atom stereocenters. The molecule has 0 saturated carbocycles. The van der Waals surface area contributed by atoms with Crippen LogP contribution < -0.4 is 5.32 Å². The van der Waals surface area contributed by atoms with Gasteiger partial charge in [0.15, 0.2) is 0 Å². The molecule has 3 rings (SSSR count). The summed E-state index contributed by atoms with van der Waals surface area (Å²) in [7, 11) is 0. The Morgan fingerprint density at radius 3 is 2.44 bits per heavy atom. The summed E-state index contributed by atoms with van der Waals surface area (Å²) in [5.41, 5.74) is 0. The van der Waals surface area contributed by atoms with Crippen molar-refractivity contribution in [3.63, 3.8) is 0 Å². The highest BCUT2D eigenvalue weighted by Crippen LogP contribution is 2.31. The van der Waals surface area contributed by atoms with Gasteiger partial charge in [-0.25, -0.2) is 0 Å². The molecule has 1 N–H and O–H groups in total. The molecule has 5 heteroatoms. The number of fused-ring (bicyclic) bond motifs is 2. The average Bonchev–Trinajstić information content (AvgIpc) is 2.85. The monoisotopic (exact) mass is 252 g/mol. The van der Waals surface area contributed by atoms with E-state index in [2.05, 4.69) is 5.32 Å². The van der Waals surface area contributed by atoms with Crippen LogP contribution in [0.2, 0.25) is 0 Å². The Balaban J connectivity index is 1.77. The SMILES string of the molecule is CC(C1CCCNC1)N1C(=O)C2CCC(O2)C1=O. The Labute approximate surface area is 107 Å². The Kier molecular flexibility index (Phi) is 3.11. The van der Waals surface area contributed by atoms with Crippen LogP contribution in [0, 0.1) is 5.92 Å². The Bertz CT molecular complexity index is 343. The molecule has 0 aromatic carbocycles. The van der Waals surface area contributed by atoms with Gasteiger partial charge in [0.25, 0.3) is 11.8 Å². The van der Waals surface area contributed by atoms with Crippen LogP contribution in [0.5, 0.6) is 0 Å². The van der Waals surface area contributed by atoms with E-state index in [0.29, 0.717) is 18.8 Å². The quantitative estimate of drug-likeness (QED) is 0.718. The fourth-order valence-electron chi connectivity index (χ4n) is 3.32. The van der Waals surface area contributed by atoms with Gasteiger partial charge < -0.3 is 10.1 Å². The number of nitrogens with zero attached hydrogens (tertiary/aromatic N) is 1. The molecule has 3 aliphatic rings. The Morgan fingerprint density at radius 2 is 1.89 bits per heavy atom. The van der Waals surface area contributed by atoms with E-state index in [0.717, 1.165) is 25.9 Å². The molecule has 0 aromatic heterocycles. The fraction of sp³-hybridized carbons (Fsp3) is 0.846. The maximum Gasteiger partial charge on any atom is 0.258 e. The molecule has 18 heavy (non-hydrogen) atoms. The van der Waals surface area contributed by atoms with Gasteiger partial charge in [-0.2, -0.15) is 0 Å². The van der Waals surface area contributed by atoms with Crippen molar-refractivity contribution in [1.82, 2.24) is 10.2 Å². The first-order chi connectivity index (χ1) is 8.68. The van der Waals surface area contributed by atoms with Gasteiger partial charge in [0.05, 0.1) is 0 Å². The molecule has 3 saturated heterocycles. The number of carbonyl (C=O) groups is 2. The van der Waals surface area contributed by atoms with Crippen molar-refractivity contribution in [2.24, 2.45) is 5.92 Å². The topological polar surface area (TPSA) is 58.6 Å². The van der Waals surface area contributed by atoms with Crippen molar-refractivity contribution >= 4 is 11.8 Å². The third kappa shape index (κ3) is 1.86. The summed E-state index contributed by atoms with van der Waals surface area (Å²) in [6.45, 7) is 3.94. The van der Waals surface area contributed by atoms with Crippen molar-refractivity contribution in [2.75, 3.05) is 13.1 Å². The molecule has 4 unspecified atom stereocenters. The molecule has 2 bridgehead atoms. The minimum Gasteiger partial charge on any atom is -0.355 e. The molecule has 3 heterocycles. The molecular weight excluding hydrogens is 232 g/mol. The fourth-order valence-corrected chi connectivity index (χ4v) is 3.32. The number of ether oxygens (including phenoxy) is 1. The smallest absolute Gasteiger partial charge is 0.258 e. The van der Waals surface area contributed by atoms with Crippen LogP contribution >= 0.6 is 0 Å². The van der Waals surface area contributed by atoms with Crippen molar-refractivity contribution in [2.45, 2.75) is 50.9 Å². The minimum absolute atomic E-state index is 0.00944. The van der Waals surface area contributed by atoms with Crippen LogP contribution in [0.25, 0.3) is 0 Å². The zero-order valence-electron chi connectivity index (χ0n) is 10.7. The molecule has 0 aromatic rings. The lowest BCUT2D eigenvalue weighted by Gasteiger charge is -2.39. The minimum atomic E-state index is -0.369. The van der Waals surface area contributed by atoms with Gasteiger partial charge >= 0.3 is 0 Å². The molecule has 0 aliphatic carbocycles. The van der Waals surface area contributed by atoms with Crippen LogP contribution in [0.4, 0.5) is 0 Å². The first-order valence-corrected chi connectivity index (χ1v) is 6.91. The molecule has 100 valence electrons. The number of likely N-dealkylation sites (tertiary alicyclic amines) is 1. The third-order valence-electron chi connectivity index (χ3n) is 4.47. The lowest BCUT2D eigenvalue weighted by atomic mass is 9.91. The van der Waals surface area contributed by atoms with Gasteiger partial charge in [0, 0.05) is 6.04 Å². The number of amides is 2. The van der Waals surface area contributed by atoms with E-state index >= 15 is 0 Å². The maximum atomic E-state index is 12.2. The predicted molar refractivity (Wildman–Crippen MR) is 64.8 cm³/mol. The highest BCUT2D eigenvalue weighted by molar-refractivity contribution is 6.02. The normalized spacial score (nSPS) is 38.1. The first-order valence-electron chi connectivity index (χ1n) is 6.91. The maximum absolute atomic E-state index is 12.2. The van der Waals surface area contributed by atoms with Crippen molar-refractivity contribution in [1.29, 1.82) is 0 Å². The largest absolute Gasteiger partial charge is 0.355 e. The highest BCUT2D eigenvalue weighted by atomic mass is 16.5. The van der Waals surface area contributed by atoms with E-state index in [1.807, 2.05) is 6.92 Å². The summed E-state index contributed by atoms with van der Waals surface area (Å²) >= 11 is 0. The number of imide groups is 1. The van der Waals surface area contributed by atoms with Crippen molar-refractivity contribution < 1.29 is 14.3 Å². The summed E-state index contributed by atoms with van der Waals surface area (Å²) in [6.07, 6.45) is 2.86. The molecule has 0 radical (unpaired) electrons. The van der Waals surface area contributed by atoms with E-state index in [9.17, 15) is 9.59 Å². The van der Waals surface area contributed by atoms with E-state index in [-0.39, 0.29) is 30.1 Å². The van der Waals surface area contributed by atoms with Gasteiger partial charge in [0.2, 0.25) is 0 Å². The second kappa shape index (κ2) is 4.63. The first kappa shape index (κ1) is 12.1. The number of nitrogens with one attached hydrogen (secondary N) is 1. The molecule has 3 aliphatic heterocycles. The van der Waals surface area contributed by atoms with E-state index in [1.165, 1.54) is 4.90 Å². The van der Waals surface area contributed by atoms with Crippen LogP contribution in [-0.2, 0) is 14.3 Å². The number of hydrogen-bond donors (Lipinski definition) is 1. The second-order valence-electron chi connectivity index (χ2n) is 5.58. The van der Waals surface area contributed by atoms with Crippen LogP contribution in [0.15, 0.2) is 0 Å². The van der Waals surface area contributed by atoms with Crippen LogP contribution in [0.3, 0.4) is 0 Å². The van der Waals surface area contributed by atoms with Crippen LogP contribution in [0.1, 0.15) is 32.6 Å². The second-order valence-corrected chi connectivity index (χ2v) is 5.58. The molecular formula is C13H20N2O3. The highest BCUT2D eigenvalue weighted by Gasteiger charge is 2.49. The zero-order chi connectivity index (χ0) is 12.7. The summed E-state index contributed by atoms with van der Waals surface area (Å²) in [6, 6.07) is -0.00944. The van der Waals surface area contributed by atoms with Crippen molar-refractivity contribution in [3.8, 4) is 0 Å². The lowest BCUT2D eigenvalue weighted by molar-refractivity contribution is -0.172. The van der Waals surface area contributed by atoms with Gasteiger partial charge in [-0.1, -0.05) is 0 Å². The van der Waals surface area contributed by atoms with E-state index in [4.69, 9.17) is 4.74 Å². The van der Waals surface area contributed by atoms with Gasteiger partial charge in [-0.15, -0.1) is 0 Å². The average molecular weight is 252 g/mol. The molecule has 2 amide bonds. The van der Waals surface area contributed by atoms with E-state index < -0.39 is 0 Å². The lowest BCUT2D eigenvalue weighted by Crippen LogP contribution is -2.58. The van der Waals surface area contributed by atoms with E-state index in [1.54, 1.807) is 0 Å². The summed E-state index contributed by atoms with van der Waals surface area (Å²) in [5, 5.41) is 3.34. The standard InChI is InChI=1S/C13H20N2O3/c1-8(9-3-2-6-14-7-9)15-12(16)10-4-5-11(18-10)13(15)17/h8-11,14H,2-7H2,1H3. The van der Waals surface area contributed by atoms with Gasteiger partial charge in [-0.3, -0.25) is 14.5 Å². The molecule has 5 nitrogen and oxygen atoms in total. The Hall–Kier alpha value is -0.940. The summed E-state index contributed by atoms with van der Waals surface area (Å²) in [5.74, 6) is 0.141. The van der Waals surface area contributed by atoms with Gasteiger partial charge in [-0.05, 0) is 51.6 Å². The zero-order valence-corrected chi connectivity index (χ0v) is 10.7. The number of carbonyl (C=O) groups excluding carboxylic acids is 2. The number of piperidine rings is 1. The predicted octanol–water partition coefficient (Wildman–Crippen LogP) is 0.291. The number of hydrogen-bond acceptors (Lipinski definition) is 4. The number of morpholine rings is 1. The third-order valence-corrected chi connectivity index (χ3v) is 4.47. The van der Waals surface area contributed by atoms with Crippen molar-refractivity contribution in [3.05, 3.63) is 0 Å². The molecule has 3 fully saturated rings. The van der Waals surface area contributed by atoms with Gasteiger partial charge in [0.1, 0.15) is 12.2 Å². The number of rotatable bonds is 2.